The highest BCUT2D eigenvalue weighted by atomic mass is 32.1. The van der Waals surface area contributed by atoms with Crippen molar-refractivity contribution in [2.45, 2.75) is 19.4 Å². The number of Topliss-reactive ketones (excluding diaryl/α,β-unsaturated/α-hetero) is 1. The molecule has 0 aliphatic carbocycles. The Morgan fingerprint density at radius 1 is 1.14 bits per heavy atom. The fourth-order valence-electron chi connectivity index (χ4n) is 3.65. The number of aryl methyl sites for hydroxylation is 1. The Kier molecular flexibility index (Phi) is 6.71. The van der Waals surface area contributed by atoms with Crippen molar-refractivity contribution in [3.8, 4) is 11.8 Å². The summed E-state index contributed by atoms with van der Waals surface area (Å²) in [6.07, 6.45) is 0. The van der Waals surface area contributed by atoms with Crippen LogP contribution in [0.5, 0.6) is 5.75 Å². The number of fused-ring (bicyclic) bond motifs is 1. The zero-order chi connectivity index (χ0) is 25.1. The number of thiazole rings is 1. The number of nitriles is 1. The second kappa shape index (κ2) is 9.87. The molecule has 176 valence electrons. The predicted molar refractivity (Wildman–Crippen MR) is 124 cm³/mol. The van der Waals surface area contributed by atoms with E-state index in [-0.39, 0.29) is 17.9 Å². The zero-order valence-electron chi connectivity index (χ0n) is 18.8. The summed E-state index contributed by atoms with van der Waals surface area (Å²) < 4.78 is 10.4. The first kappa shape index (κ1) is 23.8. The van der Waals surface area contributed by atoms with Gasteiger partial charge in [-0.15, -0.1) is 11.3 Å². The maximum absolute atomic E-state index is 12.8. The molecule has 2 heterocycles. The van der Waals surface area contributed by atoms with Crippen LogP contribution in [0, 0.1) is 18.3 Å². The van der Waals surface area contributed by atoms with Crippen LogP contribution in [0.1, 0.15) is 53.3 Å². The molecule has 2 amide bonds. The monoisotopic (exact) mass is 489 g/mol. The average Bonchev–Trinajstić information content (AvgIpc) is 3.39. The Labute approximate surface area is 204 Å². The van der Waals surface area contributed by atoms with Crippen molar-refractivity contribution in [2.75, 3.05) is 13.7 Å². The number of methoxy groups -OCH3 is 1. The Balaban J connectivity index is 1.48. The van der Waals surface area contributed by atoms with Crippen LogP contribution >= 0.6 is 11.3 Å². The molecule has 0 radical (unpaired) electrons. The van der Waals surface area contributed by atoms with Gasteiger partial charge in [-0.3, -0.25) is 19.3 Å². The Morgan fingerprint density at radius 2 is 1.83 bits per heavy atom. The number of ether oxygens (including phenoxy) is 2. The number of rotatable bonds is 8. The van der Waals surface area contributed by atoms with E-state index in [0.717, 1.165) is 4.90 Å². The molecule has 3 aromatic rings. The lowest BCUT2D eigenvalue weighted by Crippen LogP contribution is -2.29. The van der Waals surface area contributed by atoms with Crippen molar-refractivity contribution in [2.24, 2.45) is 0 Å². The van der Waals surface area contributed by atoms with Gasteiger partial charge in [-0.05, 0) is 36.8 Å². The van der Waals surface area contributed by atoms with E-state index in [0.29, 0.717) is 27.4 Å². The first-order chi connectivity index (χ1) is 16.8. The SMILES string of the molecule is COc1ccc(CN2C(=O)c3ccccc3C2=O)cc1C(=O)OCC(=O)[C@@H](C#N)c1nc(C)cs1. The minimum absolute atomic E-state index is 0.0213. The summed E-state index contributed by atoms with van der Waals surface area (Å²) in [7, 11) is 1.37. The lowest BCUT2D eigenvalue weighted by Gasteiger charge is -2.16. The summed E-state index contributed by atoms with van der Waals surface area (Å²) in [6.45, 7) is 1.07. The molecule has 0 N–H and O–H groups in total. The Hall–Kier alpha value is -4.36. The van der Waals surface area contributed by atoms with E-state index in [1.54, 1.807) is 42.6 Å². The number of carbonyl (C=O) groups excluding carboxylic acids is 4. The van der Waals surface area contributed by atoms with Gasteiger partial charge in [0, 0.05) is 11.1 Å². The number of imide groups is 1. The van der Waals surface area contributed by atoms with Crippen molar-refractivity contribution >= 4 is 34.9 Å². The molecule has 0 saturated carbocycles. The van der Waals surface area contributed by atoms with Crippen molar-refractivity contribution < 1.29 is 28.7 Å². The fourth-order valence-corrected chi connectivity index (χ4v) is 4.51. The molecular formula is C25H19N3O6S. The van der Waals surface area contributed by atoms with Gasteiger partial charge in [0.2, 0.25) is 0 Å². The number of aromatic nitrogens is 1. The van der Waals surface area contributed by atoms with Crippen LogP contribution in [0.25, 0.3) is 0 Å². The maximum atomic E-state index is 12.8. The van der Waals surface area contributed by atoms with Crippen LogP contribution in [0.2, 0.25) is 0 Å². The number of nitrogens with zero attached hydrogens (tertiary/aromatic N) is 3. The summed E-state index contributed by atoms with van der Waals surface area (Å²) in [4.78, 5) is 55.9. The molecule has 0 fully saturated rings. The van der Waals surface area contributed by atoms with Crippen LogP contribution < -0.4 is 4.74 Å². The highest BCUT2D eigenvalue weighted by Crippen LogP contribution is 2.27. The number of hydrogen-bond acceptors (Lipinski definition) is 9. The molecular weight excluding hydrogens is 470 g/mol. The van der Waals surface area contributed by atoms with Gasteiger partial charge < -0.3 is 9.47 Å². The average molecular weight is 490 g/mol. The maximum Gasteiger partial charge on any atom is 0.342 e. The second-order valence-corrected chi connectivity index (χ2v) is 8.60. The third-order valence-corrected chi connectivity index (χ3v) is 6.41. The summed E-state index contributed by atoms with van der Waals surface area (Å²) in [6, 6.07) is 13.0. The molecule has 10 heteroatoms. The summed E-state index contributed by atoms with van der Waals surface area (Å²) in [5.74, 6) is -3.22. The molecule has 0 bridgehead atoms. The second-order valence-electron chi connectivity index (χ2n) is 7.71. The standard InChI is InChI=1S/C25H19N3O6S/c1-14-13-35-22(27-14)19(10-26)20(29)12-34-25(32)18-9-15(7-8-21(18)33-2)11-28-23(30)16-5-3-4-6-17(16)24(28)31/h3-9,13,19H,11-12H2,1-2H3/t19-/m1/s1. The topological polar surface area (TPSA) is 127 Å². The molecule has 9 nitrogen and oxygen atoms in total. The fraction of sp³-hybridized carbons (Fsp3) is 0.200. The van der Waals surface area contributed by atoms with E-state index in [4.69, 9.17) is 9.47 Å². The van der Waals surface area contributed by atoms with Gasteiger partial charge in [0.15, 0.2) is 18.3 Å². The molecule has 0 spiro atoms. The molecule has 35 heavy (non-hydrogen) atoms. The number of amides is 2. The van der Waals surface area contributed by atoms with Crippen LogP contribution in [0.15, 0.2) is 47.8 Å². The molecule has 1 aliphatic rings. The van der Waals surface area contributed by atoms with E-state index in [9.17, 15) is 24.4 Å². The van der Waals surface area contributed by atoms with E-state index >= 15 is 0 Å². The van der Waals surface area contributed by atoms with E-state index in [1.165, 1.54) is 30.6 Å². The third-order valence-electron chi connectivity index (χ3n) is 5.38. The summed E-state index contributed by atoms with van der Waals surface area (Å²) >= 11 is 1.19. The minimum atomic E-state index is -1.14. The van der Waals surface area contributed by atoms with E-state index < -0.39 is 36.1 Å². The van der Waals surface area contributed by atoms with Crippen LogP contribution in [0.4, 0.5) is 0 Å². The molecule has 0 unspecified atom stereocenters. The number of benzene rings is 2. The van der Waals surface area contributed by atoms with Gasteiger partial charge in [-0.2, -0.15) is 5.26 Å². The van der Waals surface area contributed by atoms with Crippen molar-refractivity contribution in [3.63, 3.8) is 0 Å². The number of carbonyl (C=O) groups is 4. The minimum Gasteiger partial charge on any atom is -0.496 e. The zero-order valence-corrected chi connectivity index (χ0v) is 19.6. The lowest BCUT2D eigenvalue weighted by atomic mass is 10.1. The summed E-state index contributed by atoms with van der Waals surface area (Å²) in [5, 5.41) is 11.4. The van der Waals surface area contributed by atoms with Crippen molar-refractivity contribution in [1.29, 1.82) is 5.26 Å². The van der Waals surface area contributed by atoms with Crippen LogP contribution in [-0.4, -0.2) is 47.2 Å². The summed E-state index contributed by atoms with van der Waals surface area (Å²) in [5.41, 5.74) is 1.85. The van der Waals surface area contributed by atoms with Gasteiger partial charge in [0.1, 0.15) is 16.3 Å². The first-order valence-corrected chi connectivity index (χ1v) is 11.4. The normalized spacial score (nSPS) is 13.2. The van der Waals surface area contributed by atoms with Crippen molar-refractivity contribution in [3.05, 3.63) is 80.8 Å². The molecule has 1 aliphatic heterocycles. The smallest absolute Gasteiger partial charge is 0.342 e. The molecule has 4 rings (SSSR count). The van der Waals surface area contributed by atoms with Gasteiger partial charge in [0.05, 0.1) is 30.9 Å². The third kappa shape index (κ3) is 4.67. The Morgan fingerprint density at radius 3 is 2.40 bits per heavy atom. The quantitative estimate of drug-likeness (QED) is 0.348. The highest BCUT2D eigenvalue weighted by Gasteiger charge is 2.35. The van der Waals surface area contributed by atoms with Gasteiger partial charge in [-0.25, -0.2) is 9.78 Å². The molecule has 1 aromatic heterocycles. The molecule has 1 atom stereocenters. The first-order valence-electron chi connectivity index (χ1n) is 10.5. The van der Waals surface area contributed by atoms with Gasteiger partial charge in [-0.1, -0.05) is 18.2 Å². The Bertz CT molecular complexity index is 1350. The van der Waals surface area contributed by atoms with Crippen LogP contribution in [-0.2, 0) is 16.1 Å². The number of hydrogen-bond donors (Lipinski definition) is 0. The largest absolute Gasteiger partial charge is 0.496 e. The highest BCUT2D eigenvalue weighted by molar-refractivity contribution is 7.09. The van der Waals surface area contributed by atoms with E-state index in [2.05, 4.69) is 4.98 Å². The van der Waals surface area contributed by atoms with Crippen molar-refractivity contribution in [1.82, 2.24) is 9.88 Å². The lowest BCUT2D eigenvalue weighted by molar-refractivity contribution is -0.122. The predicted octanol–water partition coefficient (Wildman–Crippen LogP) is 3.29. The van der Waals surface area contributed by atoms with Gasteiger partial charge >= 0.3 is 5.97 Å². The number of esters is 1. The van der Waals surface area contributed by atoms with Gasteiger partial charge in [0.25, 0.3) is 11.8 Å². The molecule has 2 aromatic carbocycles. The van der Waals surface area contributed by atoms with Crippen LogP contribution in [0.3, 0.4) is 0 Å². The molecule has 0 saturated heterocycles. The van der Waals surface area contributed by atoms with E-state index in [1.807, 2.05) is 6.07 Å². The number of ketones is 1.